The summed E-state index contributed by atoms with van der Waals surface area (Å²) in [7, 11) is 0. The molecule has 0 saturated heterocycles. The molecule has 1 amide bonds. The minimum absolute atomic E-state index is 0.0272. The predicted octanol–water partition coefficient (Wildman–Crippen LogP) is 3.24. The minimum Gasteiger partial charge on any atom is -0.370 e. The maximum Gasteiger partial charge on any atom is 0.272 e. The van der Waals surface area contributed by atoms with Crippen molar-refractivity contribution in [2.24, 2.45) is 0 Å². The van der Waals surface area contributed by atoms with Crippen LogP contribution in [0.25, 0.3) is 0 Å². The standard InChI is InChI=1S/C15H19N3OS/c1-3-16-14-9-5-8-13(17-14)15(19)18(4-2)11-12-7-6-10-20-12/h5-10H,3-4,11H2,1-2H3,(H,16,17). The zero-order valence-corrected chi connectivity index (χ0v) is 12.6. The number of carbonyl (C=O) groups is 1. The molecule has 2 rings (SSSR count). The molecule has 0 unspecified atom stereocenters. The molecule has 0 radical (unpaired) electrons. The molecule has 0 aromatic carbocycles. The molecule has 2 heterocycles. The van der Waals surface area contributed by atoms with Crippen molar-refractivity contribution in [3.05, 3.63) is 46.3 Å². The van der Waals surface area contributed by atoms with Gasteiger partial charge in [-0.2, -0.15) is 0 Å². The smallest absolute Gasteiger partial charge is 0.272 e. The first-order valence-electron chi connectivity index (χ1n) is 6.77. The van der Waals surface area contributed by atoms with E-state index in [0.29, 0.717) is 18.8 Å². The summed E-state index contributed by atoms with van der Waals surface area (Å²) in [6, 6.07) is 9.54. The van der Waals surface area contributed by atoms with Crippen LogP contribution in [0.5, 0.6) is 0 Å². The van der Waals surface area contributed by atoms with E-state index in [1.807, 2.05) is 48.4 Å². The SMILES string of the molecule is CCNc1cccc(C(=O)N(CC)Cc2cccs2)n1. The van der Waals surface area contributed by atoms with E-state index in [2.05, 4.69) is 10.3 Å². The number of carbonyl (C=O) groups excluding carboxylic acids is 1. The highest BCUT2D eigenvalue weighted by molar-refractivity contribution is 7.09. The molecule has 1 N–H and O–H groups in total. The Morgan fingerprint density at radius 2 is 2.15 bits per heavy atom. The van der Waals surface area contributed by atoms with Gasteiger partial charge in [-0.1, -0.05) is 12.1 Å². The monoisotopic (exact) mass is 289 g/mol. The fourth-order valence-corrected chi connectivity index (χ4v) is 2.63. The lowest BCUT2D eigenvalue weighted by atomic mass is 10.3. The Kier molecular flexibility index (Phi) is 5.12. The summed E-state index contributed by atoms with van der Waals surface area (Å²) in [5.41, 5.74) is 0.488. The van der Waals surface area contributed by atoms with Crippen LogP contribution in [-0.2, 0) is 6.54 Å². The van der Waals surface area contributed by atoms with Gasteiger partial charge in [0.2, 0.25) is 0 Å². The second-order valence-corrected chi connectivity index (χ2v) is 5.37. The van der Waals surface area contributed by atoms with Gasteiger partial charge in [0.25, 0.3) is 5.91 Å². The van der Waals surface area contributed by atoms with Crippen LogP contribution in [0.2, 0.25) is 0 Å². The van der Waals surface area contributed by atoms with Crippen molar-refractivity contribution in [3.8, 4) is 0 Å². The molecule has 0 aliphatic heterocycles. The van der Waals surface area contributed by atoms with Crippen molar-refractivity contribution >= 4 is 23.1 Å². The Morgan fingerprint density at radius 1 is 1.30 bits per heavy atom. The third-order valence-corrected chi connectivity index (χ3v) is 3.78. The van der Waals surface area contributed by atoms with Gasteiger partial charge in [-0.05, 0) is 37.4 Å². The Hall–Kier alpha value is -1.88. The topological polar surface area (TPSA) is 45.2 Å². The van der Waals surface area contributed by atoms with E-state index in [1.54, 1.807) is 17.4 Å². The van der Waals surface area contributed by atoms with E-state index in [0.717, 1.165) is 12.4 Å². The quantitative estimate of drug-likeness (QED) is 0.888. The number of amides is 1. The lowest BCUT2D eigenvalue weighted by Gasteiger charge is -2.20. The van der Waals surface area contributed by atoms with Crippen molar-refractivity contribution in [3.63, 3.8) is 0 Å². The van der Waals surface area contributed by atoms with E-state index in [4.69, 9.17) is 0 Å². The second kappa shape index (κ2) is 7.05. The molecule has 20 heavy (non-hydrogen) atoms. The van der Waals surface area contributed by atoms with Crippen LogP contribution in [0.3, 0.4) is 0 Å². The summed E-state index contributed by atoms with van der Waals surface area (Å²) < 4.78 is 0. The van der Waals surface area contributed by atoms with Gasteiger partial charge < -0.3 is 10.2 Å². The van der Waals surface area contributed by atoms with Crippen molar-refractivity contribution in [1.29, 1.82) is 0 Å². The van der Waals surface area contributed by atoms with Crippen molar-refractivity contribution in [1.82, 2.24) is 9.88 Å². The predicted molar refractivity (Wildman–Crippen MR) is 83.1 cm³/mol. The number of rotatable bonds is 6. The Balaban J connectivity index is 2.13. The van der Waals surface area contributed by atoms with Gasteiger partial charge >= 0.3 is 0 Å². The molecule has 106 valence electrons. The third kappa shape index (κ3) is 3.57. The lowest BCUT2D eigenvalue weighted by molar-refractivity contribution is 0.0748. The highest BCUT2D eigenvalue weighted by atomic mass is 32.1. The summed E-state index contributed by atoms with van der Waals surface area (Å²) in [6.07, 6.45) is 0. The lowest BCUT2D eigenvalue weighted by Crippen LogP contribution is -2.30. The van der Waals surface area contributed by atoms with E-state index in [-0.39, 0.29) is 5.91 Å². The number of pyridine rings is 1. The molecule has 2 aromatic rings. The average molecular weight is 289 g/mol. The van der Waals surface area contributed by atoms with Crippen molar-refractivity contribution < 1.29 is 4.79 Å². The molecular formula is C15H19N3OS. The number of thiophene rings is 1. The molecule has 0 fully saturated rings. The minimum atomic E-state index is -0.0272. The third-order valence-electron chi connectivity index (χ3n) is 2.92. The Labute approximate surface area is 123 Å². The first-order chi connectivity index (χ1) is 9.74. The van der Waals surface area contributed by atoms with Crippen molar-refractivity contribution in [2.45, 2.75) is 20.4 Å². The molecule has 4 nitrogen and oxygen atoms in total. The molecule has 0 bridgehead atoms. The average Bonchev–Trinajstić information content (AvgIpc) is 2.98. The number of hydrogen-bond acceptors (Lipinski definition) is 4. The molecule has 5 heteroatoms. The van der Waals surface area contributed by atoms with Gasteiger partial charge in [-0.3, -0.25) is 4.79 Å². The summed E-state index contributed by atoms with van der Waals surface area (Å²) in [4.78, 5) is 19.9. The van der Waals surface area contributed by atoms with Crippen LogP contribution >= 0.6 is 11.3 Å². The molecular weight excluding hydrogens is 270 g/mol. The first kappa shape index (κ1) is 14.5. The van der Waals surface area contributed by atoms with Crippen LogP contribution < -0.4 is 5.32 Å². The fraction of sp³-hybridized carbons (Fsp3) is 0.333. The van der Waals surface area contributed by atoms with Gasteiger partial charge in [-0.15, -0.1) is 11.3 Å². The highest BCUT2D eigenvalue weighted by Gasteiger charge is 2.16. The van der Waals surface area contributed by atoms with Crippen LogP contribution in [0.15, 0.2) is 35.7 Å². The van der Waals surface area contributed by atoms with Crippen LogP contribution in [0, 0.1) is 0 Å². The van der Waals surface area contributed by atoms with E-state index in [1.165, 1.54) is 4.88 Å². The van der Waals surface area contributed by atoms with Gasteiger partial charge in [0.05, 0.1) is 6.54 Å². The zero-order valence-electron chi connectivity index (χ0n) is 11.8. The van der Waals surface area contributed by atoms with Gasteiger partial charge in [0.1, 0.15) is 11.5 Å². The van der Waals surface area contributed by atoms with E-state index < -0.39 is 0 Å². The number of hydrogen-bond donors (Lipinski definition) is 1. The Morgan fingerprint density at radius 3 is 2.80 bits per heavy atom. The molecule has 0 spiro atoms. The van der Waals surface area contributed by atoms with Gasteiger partial charge in [0.15, 0.2) is 0 Å². The van der Waals surface area contributed by atoms with Gasteiger partial charge in [0, 0.05) is 18.0 Å². The van der Waals surface area contributed by atoms with Crippen LogP contribution in [0.4, 0.5) is 5.82 Å². The second-order valence-electron chi connectivity index (χ2n) is 4.34. The summed E-state index contributed by atoms with van der Waals surface area (Å²) in [5, 5.41) is 5.15. The molecule has 0 aliphatic rings. The number of nitrogens with zero attached hydrogens (tertiary/aromatic N) is 2. The molecule has 0 atom stereocenters. The van der Waals surface area contributed by atoms with E-state index >= 15 is 0 Å². The largest absolute Gasteiger partial charge is 0.370 e. The molecule has 0 aliphatic carbocycles. The maximum atomic E-state index is 12.5. The summed E-state index contributed by atoms with van der Waals surface area (Å²) >= 11 is 1.66. The van der Waals surface area contributed by atoms with Crippen LogP contribution in [-0.4, -0.2) is 28.9 Å². The number of nitrogens with one attached hydrogen (secondary N) is 1. The zero-order chi connectivity index (χ0) is 14.4. The summed E-state index contributed by atoms with van der Waals surface area (Å²) in [5.74, 6) is 0.714. The molecule has 0 saturated carbocycles. The van der Waals surface area contributed by atoms with Crippen molar-refractivity contribution in [2.75, 3.05) is 18.4 Å². The first-order valence-corrected chi connectivity index (χ1v) is 7.65. The number of anilines is 1. The van der Waals surface area contributed by atoms with Gasteiger partial charge in [-0.25, -0.2) is 4.98 Å². The Bertz CT molecular complexity index is 554. The van der Waals surface area contributed by atoms with E-state index in [9.17, 15) is 4.79 Å². The summed E-state index contributed by atoms with van der Waals surface area (Å²) in [6.45, 7) is 6.09. The number of aromatic nitrogens is 1. The molecule has 2 aromatic heterocycles. The van der Waals surface area contributed by atoms with Crippen LogP contribution in [0.1, 0.15) is 29.2 Å². The fourth-order valence-electron chi connectivity index (χ4n) is 1.91. The normalized spacial score (nSPS) is 10.3. The maximum absolute atomic E-state index is 12.5. The highest BCUT2D eigenvalue weighted by Crippen LogP contribution is 2.14.